The molecule has 1 fully saturated rings. The van der Waals surface area contributed by atoms with E-state index in [9.17, 15) is 31.1 Å². The summed E-state index contributed by atoms with van der Waals surface area (Å²) >= 11 is 1.31. The summed E-state index contributed by atoms with van der Waals surface area (Å²) in [7, 11) is 0. The predicted octanol–water partition coefficient (Wildman–Crippen LogP) is 4.80. The van der Waals surface area contributed by atoms with Gasteiger partial charge in [0.15, 0.2) is 5.67 Å². The van der Waals surface area contributed by atoms with Gasteiger partial charge in [-0.15, -0.1) is 0 Å². The van der Waals surface area contributed by atoms with Gasteiger partial charge in [-0.05, 0) is 36.6 Å². The monoisotopic (exact) mass is 521 g/mol. The van der Waals surface area contributed by atoms with Crippen LogP contribution in [0, 0.1) is 0 Å². The summed E-state index contributed by atoms with van der Waals surface area (Å²) in [6, 6.07) is 5.39. The van der Waals surface area contributed by atoms with E-state index in [1.807, 2.05) is 0 Å². The molecule has 0 aliphatic carbocycles. The molecule has 1 saturated heterocycles. The third-order valence-electron chi connectivity index (χ3n) is 5.75. The van der Waals surface area contributed by atoms with Crippen LogP contribution in [0.15, 0.2) is 48.7 Å². The van der Waals surface area contributed by atoms with Crippen molar-refractivity contribution in [2.75, 3.05) is 25.1 Å². The van der Waals surface area contributed by atoms with Crippen LogP contribution < -0.4 is 5.48 Å². The quantitative estimate of drug-likeness (QED) is 0.573. The molecule has 1 aromatic carbocycles. The fourth-order valence-electron chi connectivity index (χ4n) is 3.84. The van der Waals surface area contributed by atoms with Crippen LogP contribution in [0.3, 0.4) is 0 Å². The highest BCUT2D eigenvalue weighted by molar-refractivity contribution is 7.99. The van der Waals surface area contributed by atoms with Gasteiger partial charge in [0.25, 0.3) is 0 Å². The zero-order valence-electron chi connectivity index (χ0n) is 18.0. The average Bonchev–Trinajstić information content (AvgIpc) is 3.24. The Bertz CT molecular complexity index is 1140. The molecule has 0 bridgehead atoms. The number of benzene rings is 1. The fourth-order valence-corrected chi connectivity index (χ4v) is 4.27. The van der Waals surface area contributed by atoms with Crippen molar-refractivity contribution >= 4 is 23.4 Å². The van der Waals surface area contributed by atoms with Crippen LogP contribution in [0.2, 0.25) is 0 Å². The number of hydrogen-bond donors (Lipinski definition) is 1. The van der Waals surface area contributed by atoms with Crippen LogP contribution in [-0.2, 0) is 27.1 Å². The Kier molecular flexibility index (Phi) is 6.29. The maximum absolute atomic E-state index is 15.1. The number of alkyl halides is 7. The van der Waals surface area contributed by atoms with Crippen LogP contribution in [-0.4, -0.2) is 47.1 Å². The first-order chi connectivity index (χ1) is 16.3. The lowest BCUT2D eigenvalue weighted by atomic mass is 9.90. The largest absolute Gasteiger partial charge is 0.428 e. The number of hydroxylamine groups is 1. The van der Waals surface area contributed by atoms with E-state index in [2.05, 4.69) is 10.5 Å². The third-order valence-corrected chi connectivity index (χ3v) is 6.28. The molecule has 0 saturated carbocycles. The molecule has 1 amide bonds. The number of carbonyl (C=O) groups is 1. The van der Waals surface area contributed by atoms with E-state index in [0.717, 1.165) is 18.3 Å². The Morgan fingerprint density at radius 2 is 1.89 bits per heavy atom. The lowest BCUT2D eigenvalue weighted by Gasteiger charge is -2.43. The van der Waals surface area contributed by atoms with Gasteiger partial charge in [-0.25, -0.2) is 4.39 Å². The lowest BCUT2D eigenvalue weighted by Crippen LogP contribution is -2.59. The molecule has 5 nitrogen and oxygen atoms in total. The second-order valence-corrected chi connectivity index (χ2v) is 9.02. The van der Waals surface area contributed by atoms with Crippen molar-refractivity contribution in [1.82, 2.24) is 15.4 Å². The highest BCUT2D eigenvalue weighted by atomic mass is 32.2. The molecule has 2 aliphatic rings. The minimum Gasteiger partial charge on any atom is -0.335 e. The van der Waals surface area contributed by atoms with Gasteiger partial charge < -0.3 is 4.90 Å². The van der Waals surface area contributed by atoms with Gasteiger partial charge >= 0.3 is 12.4 Å². The number of amides is 1. The minimum atomic E-state index is -5.11. The summed E-state index contributed by atoms with van der Waals surface area (Å²) in [5, 5.41) is 0. The number of nitrogens with zero attached hydrogens (tertiary/aromatic N) is 2. The molecule has 1 aromatic heterocycles. The van der Waals surface area contributed by atoms with Crippen LogP contribution in [0.1, 0.15) is 22.4 Å². The molecule has 1 atom stereocenters. The zero-order chi connectivity index (χ0) is 25.6. The Morgan fingerprint density at radius 1 is 1.17 bits per heavy atom. The van der Waals surface area contributed by atoms with Crippen molar-refractivity contribution in [3.05, 3.63) is 71.1 Å². The number of halogens is 7. The first-order valence-electron chi connectivity index (χ1n) is 10.1. The SMILES string of the molecule is CSCC(=O)N1CC(F)(c2ccc(C3=CC(c4cccc(C(F)(F)F)c4)(C(F)(F)F)ON3)cn2)C1. The molecule has 0 radical (unpaired) electrons. The zero-order valence-corrected chi connectivity index (χ0v) is 18.8. The molecular weight excluding hydrogens is 503 g/mol. The Hall–Kier alpha value is -2.80. The van der Waals surface area contributed by atoms with Gasteiger partial charge in [-0.1, -0.05) is 12.1 Å². The normalized spacial score (nSPS) is 21.8. The van der Waals surface area contributed by atoms with E-state index < -0.39 is 34.7 Å². The van der Waals surface area contributed by atoms with Crippen molar-refractivity contribution in [2.24, 2.45) is 0 Å². The lowest BCUT2D eigenvalue weighted by molar-refractivity contribution is -0.269. The van der Waals surface area contributed by atoms with E-state index in [-0.39, 0.29) is 41.7 Å². The summed E-state index contributed by atoms with van der Waals surface area (Å²) in [4.78, 5) is 22.0. The molecule has 35 heavy (non-hydrogen) atoms. The highest BCUT2D eigenvalue weighted by Crippen LogP contribution is 2.48. The maximum Gasteiger partial charge on any atom is 0.428 e. The molecule has 4 rings (SSSR count). The summed E-state index contributed by atoms with van der Waals surface area (Å²) in [6.45, 7) is -0.370. The van der Waals surface area contributed by atoms with E-state index in [0.29, 0.717) is 18.2 Å². The number of aromatic nitrogens is 1. The molecule has 13 heteroatoms. The first-order valence-corrected chi connectivity index (χ1v) is 11.5. The molecule has 2 aliphatic heterocycles. The van der Waals surface area contributed by atoms with Gasteiger partial charge in [0.1, 0.15) is 0 Å². The number of hydrogen-bond acceptors (Lipinski definition) is 5. The summed E-state index contributed by atoms with van der Waals surface area (Å²) < 4.78 is 96.5. The molecule has 0 spiro atoms. The number of carbonyl (C=O) groups excluding carboxylic acids is 1. The van der Waals surface area contributed by atoms with Gasteiger partial charge in [0, 0.05) is 17.3 Å². The number of pyridine rings is 1. The Balaban J connectivity index is 1.60. The van der Waals surface area contributed by atoms with Crippen LogP contribution in [0.5, 0.6) is 0 Å². The number of thioether (sulfide) groups is 1. The van der Waals surface area contributed by atoms with Crippen molar-refractivity contribution < 1.29 is 40.4 Å². The van der Waals surface area contributed by atoms with E-state index in [1.54, 1.807) is 6.26 Å². The topological polar surface area (TPSA) is 54.5 Å². The van der Waals surface area contributed by atoms with Crippen LogP contribution >= 0.6 is 11.8 Å². The first kappa shape index (κ1) is 25.3. The molecule has 188 valence electrons. The van der Waals surface area contributed by atoms with Crippen molar-refractivity contribution in [2.45, 2.75) is 23.6 Å². The standard InChI is InChI=1S/C22H18F7N3O2S/c1-35-10-18(33)32-11-19(23,12-32)17-6-5-13(9-30-17)16-8-20(34-31-16,22(27,28)29)14-3-2-4-15(7-14)21(24,25)26/h2-9,31H,10-12H2,1H3. The smallest absolute Gasteiger partial charge is 0.335 e. The molecule has 2 aromatic rings. The molecular formula is C22H18F7N3O2S. The molecule has 1 unspecified atom stereocenters. The Labute approximate surface area is 199 Å². The number of rotatable bonds is 5. The van der Waals surface area contributed by atoms with Crippen molar-refractivity contribution in [3.63, 3.8) is 0 Å². The van der Waals surface area contributed by atoms with Gasteiger partial charge in [-0.2, -0.15) is 38.1 Å². The Morgan fingerprint density at radius 3 is 2.46 bits per heavy atom. The second kappa shape index (κ2) is 8.70. The molecule has 3 heterocycles. The van der Waals surface area contributed by atoms with Crippen molar-refractivity contribution in [3.8, 4) is 0 Å². The second-order valence-electron chi connectivity index (χ2n) is 8.15. The summed E-state index contributed by atoms with van der Waals surface area (Å²) in [6.07, 6.45) is -6.46. The predicted molar refractivity (Wildman–Crippen MR) is 113 cm³/mol. The fraction of sp³-hybridized carbons (Fsp3) is 0.364. The number of likely N-dealkylation sites (tertiary alicyclic amines) is 1. The minimum absolute atomic E-state index is 0.00827. The number of nitrogens with one attached hydrogen (secondary N) is 1. The van der Waals surface area contributed by atoms with Crippen LogP contribution in [0.25, 0.3) is 5.70 Å². The van der Waals surface area contributed by atoms with E-state index in [4.69, 9.17) is 4.84 Å². The van der Waals surface area contributed by atoms with Crippen LogP contribution in [0.4, 0.5) is 30.7 Å². The van der Waals surface area contributed by atoms with Gasteiger partial charge in [0.2, 0.25) is 11.5 Å². The average molecular weight is 521 g/mol. The van der Waals surface area contributed by atoms with Gasteiger partial charge in [0.05, 0.1) is 35.8 Å². The van der Waals surface area contributed by atoms with E-state index in [1.165, 1.54) is 28.8 Å². The third kappa shape index (κ3) is 4.58. The maximum atomic E-state index is 15.1. The van der Waals surface area contributed by atoms with Crippen molar-refractivity contribution in [1.29, 1.82) is 0 Å². The highest BCUT2D eigenvalue weighted by Gasteiger charge is 2.60. The summed E-state index contributed by atoms with van der Waals surface area (Å²) in [5.74, 6) is 0.00712. The van der Waals surface area contributed by atoms with E-state index >= 15 is 4.39 Å². The van der Waals surface area contributed by atoms with Gasteiger partial charge in [-0.3, -0.25) is 20.1 Å². The molecule has 1 N–H and O–H groups in total. The summed E-state index contributed by atoms with van der Waals surface area (Å²) in [5.41, 5.74) is -5.05.